The highest BCUT2D eigenvalue weighted by Crippen LogP contribution is 2.32. The number of halogens is 2. The van der Waals surface area contributed by atoms with Crippen LogP contribution in [-0.4, -0.2) is 13.3 Å². The summed E-state index contributed by atoms with van der Waals surface area (Å²) in [6.07, 6.45) is 1.81. The van der Waals surface area contributed by atoms with Gasteiger partial charge < -0.3 is 4.74 Å². The number of hydrazone groups is 1. The molecule has 0 amide bonds. The predicted octanol–water partition coefficient (Wildman–Crippen LogP) is 6.26. The highest BCUT2D eigenvalue weighted by molar-refractivity contribution is 9.11. The first kappa shape index (κ1) is 18.7. The molecular weight excluding hydrogens is 456 g/mol. The van der Waals surface area contributed by atoms with Crippen molar-refractivity contribution in [2.45, 2.75) is 6.61 Å². The van der Waals surface area contributed by atoms with Crippen molar-refractivity contribution >= 4 is 43.8 Å². The normalized spacial score (nSPS) is 10.9. The molecule has 0 bridgehead atoms. The van der Waals surface area contributed by atoms with Crippen LogP contribution in [-0.2, 0) is 6.61 Å². The van der Waals surface area contributed by atoms with Gasteiger partial charge in [0, 0.05) is 17.1 Å². The van der Waals surface area contributed by atoms with Gasteiger partial charge in [0.25, 0.3) is 0 Å². The minimum atomic E-state index is 0.496. The van der Waals surface area contributed by atoms with Crippen LogP contribution in [0.4, 0.5) is 5.69 Å². The second-order valence-electron chi connectivity index (χ2n) is 5.68. The van der Waals surface area contributed by atoms with Crippen LogP contribution in [0.15, 0.2) is 86.8 Å². The Hall–Kier alpha value is -2.11. The Kier molecular flexibility index (Phi) is 6.47. The summed E-state index contributed by atoms with van der Waals surface area (Å²) < 4.78 is 7.91. The van der Waals surface area contributed by atoms with Gasteiger partial charge >= 0.3 is 0 Å². The summed E-state index contributed by atoms with van der Waals surface area (Å²) in [6.45, 7) is 0.496. The van der Waals surface area contributed by atoms with E-state index in [-0.39, 0.29) is 0 Å². The van der Waals surface area contributed by atoms with Gasteiger partial charge in [-0.15, -0.1) is 0 Å². The number of anilines is 1. The van der Waals surface area contributed by atoms with Crippen molar-refractivity contribution in [1.82, 2.24) is 0 Å². The topological polar surface area (TPSA) is 24.8 Å². The second kappa shape index (κ2) is 9.01. The van der Waals surface area contributed by atoms with Gasteiger partial charge in [-0.2, -0.15) is 5.10 Å². The molecule has 0 saturated heterocycles. The van der Waals surface area contributed by atoms with Crippen molar-refractivity contribution < 1.29 is 4.74 Å². The monoisotopic (exact) mass is 472 g/mol. The Labute approximate surface area is 170 Å². The zero-order chi connectivity index (χ0) is 18.4. The Bertz CT molecular complexity index is 883. The van der Waals surface area contributed by atoms with E-state index in [0.717, 1.165) is 31.5 Å². The minimum Gasteiger partial charge on any atom is -0.487 e. The lowest BCUT2D eigenvalue weighted by Gasteiger charge is -2.14. The Balaban J connectivity index is 1.82. The minimum absolute atomic E-state index is 0.496. The van der Waals surface area contributed by atoms with Gasteiger partial charge in [-0.1, -0.05) is 64.5 Å². The van der Waals surface area contributed by atoms with Gasteiger partial charge in [0.05, 0.1) is 16.4 Å². The van der Waals surface area contributed by atoms with Gasteiger partial charge in [-0.05, 0) is 45.8 Å². The number of hydrogen-bond acceptors (Lipinski definition) is 3. The quantitative estimate of drug-likeness (QED) is 0.311. The van der Waals surface area contributed by atoms with Crippen LogP contribution in [0, 0.1) is 0 Å². The summed E-state index contributed by atoms with van der Waals surface area (Å²) in [5, 5.41) is 6.38. The lowest BCUT2D eigenvalue weighted by molar-refractivity contribution is 0.304. The van der Waals surface area contributed by atoms with Crippen LogP contribution in [0.1, 0.15) is 11.1 Å². The van der Waals surface area contributed by atoms with Crippen LogP contribution in [0.5, 0.6) is 5.75 Å². The van der Waals surface area contributed by atoms with Crippen LogP contribution in [0.25, 0.3) is 0 Å². The average molecular weight is 474 g/mol. The van der Waals surface area contributed by atoms with Crippen molar-refractivity contribution in [3.8, 4) is 5.75 Å². The first-order valence-corrected chi connectivity index (χ1v) is 9.70. The Morgan fingerprint density at radius 2 is 1.62 bits per heavy atom. The van der Waals surface area contributed by atoms with E-state index in [0.29, 0.717) is 6.61 Å². The highest BCUT2D eigenvalue weighted by atomic mass is 79.9. The van der Waals surface area contributed by atoms with Crippen LogP contribution in [0.2, 0.25) is 0 Å². The van der Waals surface area contributed by atoms with E-state index in [1.165, 1.54) is 0 Å². The summed E-state index contributed by atoms with van der Waals surface area (Å²) in [5.41, 5.74) is 3.03. The number of para-hydroxylation sites is 1. The van der Waals surface area contributed by atoms with E-state index < -0.39 is 0 Å². The number of nitrogens with zero attached hydrogens (tertiary/aromatic N) is 2. The van der Waals surface area contributed by atoms with Crippen molar-refractivity contribution in [2.24, 2.45) is 5.10 Å². The summed E-state index contributed by atoms with van der Waals surface area (Å²) in [6, 6.07) is 24.1. The van der Waals surface area contributed by atoms with E-state index in [1.807, 2.05) is 91.1 Å². The molecule has 0 saturated carbocycles. The van der Waals surface area contributed by atoms with Crippen molar-refractivity contribution in [3.05, 3.63) is 92.9 Å². The second-order valence-corrected chi connectivity index (χ2v) is 7.45. The first-order valence-electron chi connectivity index (χ1n) is 8.12. The lowest BCUT2D eigenvalue weighted by atomic mass is 10.2. The lowest BCUT2D eigenvalue weighted by Crippen LogP contribution is -2.09. The maximum atomic E-state index is 6.07. The maximum absolute atomic E-state index is 6.07. The summed E-state index contributed by atoms with van der Waals surface area (Å²) in [5.74, 6) is 0.766. The van der Waals surface area contributed by atoms with Gasteiger partial charge in [-0.3, -0.25) is 5.01 Å². The van der Waals surface area contributed by atoms with E-state index in [1.54, 1.807) is 0 Å². The SMILES string of the molecule is CN(/N=C/c1cc(Br)cc(Br)c1OCc1ccccc1)c1ccccc1. The molecule has 26 heavy (non-hydrogen) atoms. The number of rotatable bonds is 6. The van der Waals surface area contributed by atoms with Gasteiger partial charge in [0.1, 0.15) is 12.4 Å². The molecule has 132 valence electrons. The third-order valence-corrected chi connectivity index (χ3v) is 4.81. The Morgan fingerprint density at radius 1 is 0.962 bits per heavy atom. The van der Waals surface area contributed by atoms with Crippen LogP contribution < -0.4 is 9.75 Å². The largest absolute Gasteiger partial charge is 0.487 e. The van der Waals surface area contributed by atoms with E-state index in [9.17, 15) is 0 Å². The summed E-state index contributed by atoms with van der Waals surface area (Å²) in [7, 11) is 1.92. The average Bonchev–Trinajstić information content (AvgIpc) is 2.66. The zero-order valence-electron chi connectivity index (χ0n) is 14.3. The van der Waals surface area contributed by atoms with Crippen LogP contribution in [0.3, 0.4) is 0 Å². The molecule has 0 heterocycles. The molecule has 0 radical (unpaired) electrons. The molecule has 0 N–H and O–H groups in total. The molecule has 3 aromatic rings. The molecule has 0 aliphatic carbocycles. The molecule has 0 fully saturated rings. The van der Waals surface area contributed by atoms with E-state index >= 15 is 0 Å². The molecule has 3 aromatic carbocycles. The van der Waals surface area contributed by atoms with E-state index in [4.69, 9.17) is 4.74 Å². The van der Waals surface area contributed by atoms with Crippen molar-refractivity contribution in [1.29, 1.82) is 0 Å². The number of ether oxygens (including phenoxy) is 1. The van der Waals surface area contributed by atoms with Gasteiger partial charge in [0.2, 0.25) is 0 Å². The van der Waals surface area contributed by atoms with E-state index in [2.05, 4.69) is 37.0 Å². The molecule has 0 atom stereocenters. The smallest absolute Gasteiger partial charge is 0.142 e. The predicted molar refractivity (Wildman–Crippen MR) is 115 cm³/mol. The third-order valence-electron chi connectivity index (χ3n) is 3.76. The highest BCUT2D eigenvalue weighted by Gasteiger charge is 2.10. The molecule has 0 aliphatic heterocycles. The third kappa shape index (κ3) is 4.96. The fraction of sp³-hybridized carbons (Fsp3) is 0.0952. The van der Waals surface area contributed by atoms with Gasteiger partial charge in [-0.25, -0.2) is 0 Å². The molecule has 3 nitrogen and oxygen atoms in total. The van der Waals surface area contributed by atoms with Crippen molar-refractivity contribution in [3.63, 3.8) is 0 Å². The number of benzene rings is 3. The molecule has 0 aliphatic rings. The first-order chi connectivity index (χ1) is 12.6. The standard InChI is InChI=1S/C21H18Br2N2O/c1-25(19-10-6-3-7-11-19)24-14-17-12-18(22)13-20(23)21(17)26-15-16-8-4-2-5-9-16/h2-14H,15H2,1H3/b24-14+. The molecule has 3 rings (SSSR count). The fourth-order valence-corrected chi connectivity index (χ4v) is 3.79. The molecule has 0 unspecified atom stereocenters. The molecule has 5 heteroatoms. The van der Waals surface area contributed by atoms with Crippen LogP contribution >= 0.6 is 31.9 Å². The fourth-order valence-electron chi connectivity index (χ4n) is 2.42. The molecule has 0 spiro atoms. The molecule has 0 aromatic heterocycles. The number of hydrogen-bond donors (Lipinski definition) is 0. The summed E-state index contributed by atoms with van der Waals surface area (Å²) >= 11 is 7.13. The molecular formula is C21H18Br2N2O. The van der Waals surface area contributed by atoms with Gasteiger partial charge in [0.15, 0.2) is 0 Å². The Morgan fingerprint density at radius 3 is 2.31 bits per heavy atom. The summed E-state index contributed by atoms with van der Waals surface area (Å²) in [4.78, 5) is 0. The maximum Gasteiger partial charge on any atom is 0.142 e. The zero-order valence-corrected chi connectivity index (χ0v) is 17.4. The van der Waals surface area contributed by atoms with Crippen molar-refractivity contribution in [2.75, 3.05) is 12.1 Å².